The second kappa shape index (κ2) is 9.92. The third-order valence-corrected chi connectivity index (χ3v) is 5.45. The first-order chi connectivity index (χ1) is 15.6. The molecular weight excluding hydrogens is 402 g/mol. The molecule has 162 valence electrons. The number of benzene rings is 1. The van der Waals surface area contributed by atoms with E-state index in [9.17, 15) is 9.59 Å². The Morgan fingerprint density at radius 2 is 1.94 bits per heavy atom. The van der Waals surface area contributed by atoms with Crippen LogP contribution in [0.1, 0.15) is 40.1 Å². The van der Waals surface area contributed by atoms with Crippen LogP contribution in [0.15, 0.2) is 77.6 Å². The highest BCUT2D eigenvalue weighted by atomic mass is 16.3. The molecule has 0 saturated carbocycles. The normalized spacial score (nSPS) is 14.2. The molecule has 1 aromatic carbocycles. The Kier molecular flexibility index (Phi) is 6.60. The van der Waals surface area contributed by atoms with Gasteiger partial charge in [-0.05, 0) is 60.7 Å². The van der Waals surface area contributed by atoms with Gasteiger partial charge in [0, 0.05) is 25.4 Å². The number of nitrogens with zero attached hydrogens (tertiary/aromatic N) is 2. The van der Waals surface area contributed by atoms with Crippen molar-refractivity contribution in [3.63, 3.8) is 0 Å². The number of furan rings is 1. The molecule has 1 aliphatic rings. The van der Waals surface area contributed by atoms with Crippen LogP contribution >= 0.6 is 0 Å². The summed E-state index contributed by atoms with van der Waals surface area (Å²) in [5.41, 5.74) is 3.77. The number of carbonyl (C=O) groups excluding carboxylic acids is 2. The highest BCUT2D eigenvalue weighted by Gasteiger charge is 2.15. The number of anilines is 1. The third kappa shape index (κ3) is 5.21. The third-order valence-electron chi connectivity index (χ3n) is 5.45. The van der Waals surface area contributed by atoms with Crippen molar-refractivity contribution >= 4 is 29.3 Å². The zero-order valence-corrected chi connectivity index (χ0v) is 18.0. The highest BCUT2D eigenvalue weighted by Crippen LogP contribution is 2.22. The van der Waals surface area contributed by atoms with Crippen LogP contribution in [-0.2, 0) is 4.79 Å². The molecule has 6 heteroatoms. The number of pyridine rings is 1. The molecule has 0 unspecified atom stereocenters. The number of hydrogen-bond acceptors (Lipinski definition) is 4. The second-order valence-corrected chi connectivity index (χ2v) is 7.61. The molecule has 32 heavy (non-hydrogen) atoms. The summed E-state index contributed by atoms with van der Waals surface area (Å²) < 4.78 is 5.15. The zero-order valence-electron chi connectivity index (χ0n) is 18.0. The first kappa shape index (κ1) is 21.3. The molecule has 3 aromatic rings. The Morgan fingerprint density at radius 1 is 1.09 bits per heavy atom. The molecule has 6 nitrogen and oxygen atoms in total. The Hall–Kier alpha value is -3.93. The molecule has 0 saturated heterocycles. The molecular formula is C26H25N3O3. The van der Waals surface area contributed by atoms with Gasteiger partial charge in [-0.3, -0.25) is 9.59 Å². The van der Waals surface area contributed by atoms with Gasteiger partial charge in [0.1, 0.15) is 11.6 Å². The van der Waals surface area contributed by atoms with Gasteiger partial charge in [-0.2, -0.15) is 0 Å². The lowest BCUT2D eigenvalue weighted by atomic mass is 10.0. The van der Waals surface area contributed by atoms with Gasteiger partial charge >= 0.3 is 0 Å². The van der Waals surface area contributed by atoms with E-state index in [2.05, 4.69) is 28.5 Å². The average Bonchev–Trinajstić information content (AvgIpc) is 3.10. The summed E-state index contributed by atoms with van der Waals surface area (Å²) in [6, 6.07) is 15.4. The summed E-state index contributed by atoms with van der Waals surface area (Å²) in [6.07, 6.45) is 10.3. The van der Waals surface area contributed by atoms with E-state index in [0.29, 0.717) is 30.2 Å². The minimum atomic E-state index is -0.271. The van der Waals surface area contributed by atoms with Crippen molar-refractivity contribution in [2.24, 2.45) is 0 Å². The van der Waals surface area contributed by atoms with Crippen molar-refractivity contribution in [1.82, 2.24) is 9.88 Å². The fourth-order valence-corrected chi connectivity index (χ4v) is 3.65. The van der Waals surface area contributed by atoms with E-state index >= 15 is 0 Å². The first-order valence-electron chi connectivity index (χ1n) is 10.6. The molecule has 0 aliphatic carbocycles. The molecule has 0 spiro atoms. The monoisotopic (exact) mass is 427 g/mol. The highest BCUT2D eigenvalue weighted by molar-refractivity contribution is 6.04. The maximum absolute atomic E-state index is 12.7. The quantitative estimate of drug-likeness (QED) is 0.584. The van der Waals surface area contributed by atoms with Gasteiger partial charge in [-0.1, -0.05) is 36.4 Å². The van der Waals surface area contributed by atoms with E-state index in [1.165, 1.54) is 17.4 Å². The molecule has 1 N–H and O–H groups in total. The second-order valence-electron chi connectivity index (χ2n) is 7.61. The van der Waals surface area contributed by atoms with Crippen LogP contribution in [0.25, 0.3) is 11.6 Å². The number of carbonyl (C=O) groups is 2. The standard InChI is InChI=1S/C26H25N3O3/c1-19-23(14-17-32-19)26(31)28-24-11-9-20(18-27-24)10-12-25(30)29-15-5-8-22(13-16-29)21-6-3-2-4-7-21/h2-4,6-12,14,17-18H,5,13,15-16H2,1H3,(H,27,28,31)/b12-10+. The molecule has 1 aliphatic heterocycles. The van der Waals surface area contributed by atoms with Crippen LogP contribution in [0, 0.1) is 6.92 Å². The van der Waals surface area contributed by atoms with E-state index in [1.54, 1.807) is 37.4 Å². The minimum Gasteiger partial charge on any atom is -0.469 e. The Labute approximate surface area is 187 Å². The predicted octanol–water partition coefficient (Wildman–Crippen LogP) is 4.95. The maximum Gasteiger partial charge on any atom is 0.260 e. The lowest BCUT2D eigenvalue weighted by Gasteiger charge is -2.18. The fraction of sp³-hybridized carbons (Fsp3) is 0.192. The van der Waals surface area contributed by atoms with Crippen LogP contribution in [-0.4, -0.2) is 34.8 Å². The maximum atomic E-state index is 12.7. The summed E-state index contributed by atoms with van der Waals surface area (Å²) in [7, 11) is 0. The topological polar surface area (TPSA) is 75.4 Å². The Bertz CT molecular complexity index is 1140. The largest absolute Gasteiger partial charge is 0.469 e. The number of rotatable bonds is 5. The van der Waals surface area contributed by atoms with Crippen molar-refractivity contribution < 1.29 is 14.0 Å². The van der Waals surface area contributed by atoms with Crippen LogP contribution in [0.3, 0.4) is 0 Å². The SMILES string of the molecule is Cc1occc1C(=O)Nc1ccc(/C=C/C(=O)N2CCC=C(c3ccccc3)CC2)cn1. The molecule has 0 fully saturated rings. The van der Waals surface area contributed by atoms with Gasteiger partial charge in [0.25, 0.3) is 5.91 Å². The van der Waals surface area contributed by atoms with Gasteiger partial charge in [0.15, 0.2) is 0 Å². The van der Waals surface area contributed by atoms with E-state index in [4.69, 9.17) is 4.42 Å². The van der Waals surface area contributed by atoms with Gasteiger partial charge in [0.05, 0.1) is 11.8 Å². The lowest BCUT2D eigenvalue weighted by molar-refractivity contribution is -0.125. The van der Waals surface area contributed by atoms with Gasteiger partial charge in [-0.25, -0.2) is 4.98 Å². The fourth-order valence-electron chi connectivity index (χ4n) is 3.65. The number of hydrogen-bond donors (Lipinski definition) is 1. The molecule has 3 heterocycles. The Balaban J connectivity index is 1.32. The summed E-state index contributed by atoms with van der Waals surface area (Å²) in [4.78, 5) is 31.0. The Morgan fingerprint density at radius 3 is 2.66 bits per heavy atom. The molecule has 0 radical (unpaired) electrons. The smallest absolute Gasteiger partial charge is 0.260 e. The molecule has 2 aromatic heterocycles. The van der Waals surface area contributed by atoms with Crippen molar-refractivity contribution in [2.75, 3.05) is 18.4 Å². The van der Waals surface area contributed by atoms with Gasteiger partial charge < -0.3 is 14.6 Å². The van der Waals surface area contributed by atoms with Gasteiger partial charge in [0.2, 0.25) is 5.91 Å². The van der Waals surface area contributed by atoms with Crippen molar-refractivity contribution in [2.45, 2.75) is 19.8 Å². The lowest BCUT2D eigenvalue weighted by Crippen LogP contribution is -2.30. The van der Waals surface area contributed by atoms with Crippen molar-refractivity contribution in [3.05, 3.63) is 95.6 Å². The molecule has 4 rings (SSSR count). The number of aryl methyl sites for hydroxylation is 1. The predicted molar refractivity (Wildman–Crippen MR) is 125 cm³/mol. The number of nitrogens with one attached hydrogen (secondary N) is 1. The minimum absolute atomic E-state index is 0.0134. The summed E-state index contributed by atoms with van der Waals surface area (Å²) in [5, 5.41) is 2.74. The van der Waals surface area contributed by atoms with Crippen LogP contribution < -0.4 is 5.32 Å². The summed E-state index contributed by atoms with van der Waals surface area (Å²) in [5.74, 6) is 0.707. The first-order valence-corrected chi connectivity index (χ1v) is 10.6. The molecule has 0 bridgehead atoms. The van der Waals surface area contributed by atoms with Crippen molar-refractivity contribution in [1.29, 1.82) is 0 Å². The van der Waals surface area contributed by atoms with E-state index in [0.717, 1.165) is 18.4 Å². The van der Waals surface area contributed by atoms with Crippen LogP contribution in [0.5, 0.6) is 0 Å². The summed E-state index contributed by atoms with van der Waals surface area (Å²) in [6.45, 7) is 3.13. The number of amides is 2. The van der Waals surface area contributed by atoms with E-state index in [1.807, 2.05) is 29.2 Å². The van der Waals surface area contributed by atoms with Crippen molar-refractivity contribution in [3.8, 4) is 0 Å². The van der Waals surface area contributed by atoms with E-state index < -0.39 is 0 Å². The molecule has 0 atom stereocenters. The van der Waals surface area contributed by atoms with Crippen LogP contribution in [0.2, 0.25) is 0 Å². The summed E-state index contributed by atoms with van der Waals surface area (Å²) >= 11 is 0. The molecule has 2 amide bonds. The zero-order chi connectivity index (χ0) is 22.3. The van der Waals surface area contributed by atoms with E-state index in [-0.39, 0.29) is 11.8 Å². The average molecular weight is 428 g/mol. The number of aromatic nitrogens is 1. The van der Waals surface area contributed by atoms with Crippen LogP contribution in [0.4, 0.5) is 5.82 Å². The van der Waals surface area contributed by atoms with Gasteiger partial charge in [-0.15, -0.1) is 0 Å².